The van der Waals surface area contributed by atoms with Gasteiger partial charge in [0.1, 0.15) is 0 Å². The lowest BCUT2D eigenvalue weighted by Gasteiger charge is -2.07. The monoisotopic (exact) mass is 322 g/mol. The summed E-state index contributed by atoms with van der Waals surface area (Å²) < 4.78 is 0. The first-order valence-corrected chi connectivity index (χ1v) is 8.46. The van der Waals surface area contributed by atoms with E-state index in [2.05, 4.69) is 23.3 Å². The molecule has 1 aromatic heterocycles. The number of nitrogens with one attached hydrogen (secondary N) is 1. The summed E-state index contributed by atoms with van der Waals surface area (Å²) in [6.45, 7) is 4.08. The van der Waals surface area contributed by atoms with Gasteiger partial charge in [0.2, 0.25) is 0 Å². The third-order valence-electron chi connectivity index (χ3n) is 3.65. The lowest BCUT2D eigenvalue weighted by molar-refractivity contribution is 0.102. The molecule has 3 nitrogen and oxygen atoms in total. The Kier molecular flexibility index (Phi) is 4.53. The minimum atomic E-state index is -0.0979. The SMILES string of the molecule is CCc1cccc(NC(=O)c2ccc(-c3csc(C)n3)cc2)c1. The molecule has 2 aromatic carbocycles. The Hall–Kier alpha value is -2.46. The van der Waals surface area contributed by atoms with Crippen LogP contribution in [0.5, 0.6) is 0 Å². The number of benzene rings is 2. The Labute approximate surface area is 140 Å². The molecule has 0 aliphatic rings. The van der Waals surface area contributed by atoms with Gasteiger partial charge in [-0.15, -0.1) is 11.3 Å². The third kappa shape index (κ3) is 3.66. The first-order chi connectivity index (χ1) is 11.2. The summed E-state index contributed by atoms with van der Waals surface area (Å²) in [7, 11) is 0. The van der Waals surface area contributed by atoms with Crippen LogP contribution in [0.2, 0.25) is 0 Å². The van der Waals surface area contributed by atoms with Crippen LogP contribution in [0.25, 0.3) is 11.3 Å². The van der Waals surface area contributed by atoms with Crippen LogP contribution in [0.3, 0.4) is 0 Å². The highest BCUT2D eigenvalue weighted by atomic mass is 32.1. The highest BCUT2D eigenvalue weighted by molar-refractivity contribution is 7.09. The second-order valence-corrected chi connectivity index (χ2v) is 6.40. The van der Waals surface area contributed by atoms with E-state index in [0.717, 1.165) is 28.4 Å². The Morgan fingerprint density at radius 1 is 1.17 bits per heavy atom. The molecule has 116 valence electrons. The van der Waals surface area contributed by atoms with E-state index < -0.39 is 0 Å². The lowest BCUT2D eigenvalue weighted by atomic mass is 10.1. The van der Waals surface area contributed by atoms with Gasteiger partial charge in [0, 0.05) is 22.2 Å². The molecule has 1 heterocycles. The molecule has 0 radical (unpaired) electrons. The number of carbonyl (C=O) groups excluding carboxylic acids is 1. The minimum Gasteiger partial charge on any atom is -0.322 e. The van der Waals surface area contributed by atoms with Crippen molar-refractivity contribution in [2.75, 3.05) is 5.32 Å². The average Bonchev–Trinajstić information content (AvgIpc) is 3.01. The van der Waals surface area contributed by atoms with Crippen LogP contribution in [0.4, 0.5) is 5.69 Å². The number of nitrogens with zero attached hydrogens (tertiary/aromatic N) is 1. The Morgan fingerprint density at radius 2 is 1.96 bits per heavy atom. The molecule has 23 heavy (non-hydrogen) atoms. The molecule has 0 aliphatic carbocycles. The van der Waals surface area contributed by atoms with Gasteiger partial charge in [0.15, 0.2) is 0 Å². The number of aromatic nitrogens is 1. The maximum Gasteiger partial charge on any atom is 0.255 e. The summed E-state index contributed by atoms with van der Waals surface area (Å²) in [6.07, 6.45) is 0.950. The second-order valence-electron chi connectivity index (χ2n) is 5.34. The van der Waals surface area contributed by atoms with Gasteiger partial charge in [0.05, 0.1) is 10.7 Å². The molecule has 4 heteroatoms. The highest BCUT2D eigenvalue weighted by Gasteiger charge is 2.08. The van der Waals surface area contributed by atoms with Crippen LogP contribution in [-0.2, 0) is 6.42 Å². The van der Waals surface area contributed by atoms with E-state index in [1.54, 1.807) is 11.3 Å². The summed E-state index contributed by atoms with van der Waals surface area (Å²) >= 11 is 1.62. The Balaban J connectivity index is 1.75. The van der Waals surface area contributed by atoms with Gasteiger partial charge in [-0.3, -0.25) is 4.79 Å². The van der Waals surface area contributed by atoms with Gasteiger partial charge in [-0.25, -0.2) is 4.98 Å². The zero-order chi connectivity index (χ0) is 16.2. The topological polar surface area (TPSA) is 42.0 Å². The number of hydrogen-bond donors (Lipinski definition) is 1. The van der Waals surface area contributed by atoms with Crippen molar-refractivity contribution >= 4 is 22.9 Å². The number of thiazole rings is 1. The van der Waals surface area contributed by atoms with E-state index in [1.165, 1.54) is 5.56 Å². The Morgan fingerprint density at radius 3 is 2.61 bits per heavy atom. The van der Waals surface area contributed by atoms with Crippen molar-refractivity contribution in [1.82, 2.24) is 4.98 Å². The van der Waals surface area contributed by atoms with Gasteiger partial charge < -0.3 is 5.32 Å². The summed E-state index contributed by atoms with van der Waals surface area (Å²) in [5, 5.41) is 6.01. The molecule has 0 spiro atoms. The standard InChI is InChI=1S/C19H18N2OS/c1-3-14-5-4-6-17(11-14)21-19(22)16-9-7-15(8-10-16)18-12-23-13(2)20-18/h4-12H,3H2,1-2H3,(H,21,22). The molecule has 0 aliphatic heterocycles. The molecule has 3 aromatic rings. The molecule has 0 bridgehead atoms. The van der Waals surface area contributed by atoms with E-state index in [-0.39, 0.29) is 5.91 Å². The van der Waals surface area contributed by atoms with Crippen molar-refractivity contribution in [2.45, 2.75) is 20.3 Å². The van der Waals surface area contributed by atoms with Gasteiger partial charge >= 0.3 is 0 Å². The van der Waals surface area contributed by atoms with E-state index in [0.29, 0.717) is 5.56 Å². The van der Waals surface area contributed by atoms with Crippen LogP contribution < -0.4 is 5.32 Å². The van der Waals surface area contributed by atoms with Crippen LogP contribution in [0.15, 0.2) is 53.9 Å². The van der Waals surface area contributed by atoms with Gasteiger partial charge in [0.25, 0.3) is 5.91 Å². The number of aryl methyl sites for hydroxylation is 2. The lowest BCUT2D eigenvalue weighted by Crippen LogP contribution is -2.11. The molecule has 0 saturated carbocycles. The quantitative estimate of drug-likeness (QED) is 0.739. The molecule has 3 rings (SSSR count). The zero-order valence-electron chi connectivity index (χ0n) is 13.2. The maximum atomic E-state index is 12.3. The minimum absolute atomic E-state index is 0.0979. The average molecular weight is 322 g/mol. The van der Waals surface area contributed by atoms with Crippen molar-refractivity contribution in [3.63, 3.8) is 0 Å². The first kappa shape index (κ1) is 15.4. The molecule has 0 unspecified atom stereocenters. The summed E-state index contributed by atoms with van der Waals surface area (Å²) in [5.41, 5.74) is 4.65. The van der Waals surface area contributed by atoms with E-state index in [9.17, 15) is 4.79 Å². The Bertz CT molecular complexity index is 821. The van der Waals surface area contributed by atoms with E-state index in [4.69, 9.17) is 0 Å². The summed E-state index contributed by atoms with van der Waals surface area (Å²) in [6, 6.07) is 15.5. The molecule has 0 saturated heterocycles. The number of carbonyl (C=O) groups is 1. The fourth-order valence-corrected chi connectivity index (χ4v) is 2.98. The molecule has 1 amide bonds. The van der Waals surface area contributed by atoms with Crippen molar-refractivity contribution in [2.24, 2.45) is 0 Å². The predicted octanol–water partition coefficient (Wildman–Crippen LogP) is 4.93. The van der Waals surface area contributed by atoms with Crippen LogP contribution >= 0.6 is 11.3 Å². The van der Waals surface area contributed by atoms with Crippen molar-refractivity contribution in [3.05, 3.63) is 70.0 Å². The second kappa shape index (κ2) is 6.75. The molecular weight excluding hydrogens is 304 g/mol. The van der Waals surface area contributed by atoms with Crippen LogP contribution in [0.1, 0.15) is 27.9 Å². The summed E-state index contributed by atoms with van der Waals surface area (Å²) in [5.74, 6) is -0.0979. The number of hydrogen-bond acceptors (Lipinski definition) is 3. The number of anilines is 1. The number of amides is 1. The van der Waals surface area contributed by atoms with Crippen molar-refractivity contribution in [1.29, 1.82) is 0 Å². The smallest absolute Gasteiger partial charge is 0.255 e. The number of rotatable bonds is 4. The normalized spacial score (nSPS) is 10.5. The van der Waals surface area contributed by atoms with Crippen molar-refractivity contribution < 1.29 is 4.79 Å². The van der Waals surface area contributed by atoms with Gasteiger partial charge in [-0.1, -0.05) is 31.2 Å². The van der Waals surface area contributed by atoms with E-state index in [1.807, 2.05) is 54.8 Å². The van der Waals surface area contributed by atoms with E-state index >= 15 is 0 Å². The zero-order valence-corrected chi connectivity index (χ0v) is 14.0. The highest BCUT2D eigenvalue weighted by Crippen LogP contribution is 2.22. The maximum absolute atomic E-state index is 12.3. The van der Waals surface area contributed by atoms with Crippen molar-refractivity contribution in [3.8, 4) is 11.3 Å². The fraction of sp³-hybridized carbons (Fsp3) is 0.158. The summed E-state index contributed by atoms with van der Waals surface area (Å²) in [4.78, 5) is 16.8. The van der Waals surface area contributed by atoms with Crippen LogP contribution in [-0.4, -0.2) is 10.9 Å². The molecule has 0 atom stereocenters. The first-order valence-electron chi connectivity index (χ1n) is 7.58. The molecular formula is C19H18N2OS. The predicted molar refractivity (Wildman–Crippen MR) is 96.1 cm³/mol. The largest absolute Gasteiger partial charge is 0.322 e. The van der Waals surface area contributed by atoms with Gasteiger partial charge in [-0.2, -0.15) is 0 Å². The molecule has 0 fully saturated rings. The fourth-order valence-electron chi connectivity index (χ4n) is 2.36. The third-order valence-corrected chi connectivity index (χ3v) is 4.43. The van der Waals surface area contributed by atoms with Gasteiger partial charge in [-0.05, 0) is 43.2 Å². The van der Waals surface area contributed by atoms with Crippen LogP contribution in [0, 0.1) is 6.92 Å². The molecule has 1 N–H and O–H groups in total.